The number of nitrogens with one attached hydrogen (secondary N) is 1. The minimum Gasteiger partial charge on any atom is -0.497 e. The molecule has 0 saturated heterocycles. The molecule has 1 aliphatic carbocycles. The molecule has 0 radical (unpaired) electrons. The van der Waals surface area contributed by atoms with Gasteiger partial charge in [0, 0.05) is 24.0 Å². The molecule has 0 fully saturated rings. The van der Waals surface area contributed by atoms with Gasteiger partial charge in [-0.3, -0.25) is 9.59 Å². The maximum Gasteiger partial charge on any atom is 0.247 e. The quantitative estimate of drug-likeness (QED) is 0.165. The van der Waals surface area contributed by atoms with E-state index in [1.807, 2.05) is 44.2 Å². The molecule has 1 aliphatic rings. The summed E-state index contributed by atoms with van der Waals surface area (Å²) in [5, 5.41) is 3.59. The maximum absolute atomic E-state index is 14.2. The number of aromatic nitrogens is 2. The number of nitrogens with zero attached hydrogens (tertiary/aromatic N) is 3. The fraction of sp³-hybridized carbons (Fsp3) is 0.375. The van der Waals surface area contributed by atoms with E-state index in [4.69, 9.17) is 14.2 Å². The molecule has 1 aromatic heterocycles. The second-order valence-corrected chi connectivity index (χ2v) is 11.1. The number of carbonyl (C=O) groups excluding carboxylic acids is 2. The lowest BCUT2D eigenvalue weighted by atomic mass is 9.86. The number of allylic oxidation sites excluding steroid dienone is 2. The van der Waals surface area contributed by atoms with Crippen molar-refractivity contribution >= 4 is 29.3 Å². The fourth-order valence-electron chi connectivity index (χ4n) is 5.06. The van der Waals surface area contributed by atoms with Crippen LogP contribution in [0.2, 0.25) is 0 Å². The molecule has 3 aromatic rings. The second-order valence-electron chi connectivity index (χ2n) is 10.1. The van der Waals surface area contributed by atoms with Crippen molar-refractivity contribution in [3.63, 3.8) is 0 Å². The van der Waals surface area contributed by atoms with Gasteiger partial charge in [0.2, 0.25) is 11.8 Å². The van der Waals surface area contributed by atoms with Gasteiger partial charge in [-0.15, -0.1) is 0 Å². The molecular weight excluding hydrogens is 552 g/mol. The third-order valence-electron chi connectivity index (χ3n) is 7.15. The number of benzene rings is 2. The summed E-state index contributed by atoms with van der Waals surface area (Å²) in [6.45, 7) is 4.07. The van der Waals surface area contributed by atoms with Crippen LogP contribution in [0.3, 0.4) is 0 Å². The number of ether oxygens (including phenoxy) is 3. The summed E-state index contributed by atoms with van der Waals surface area (Å²) in [5.41, 5.74) is 3.08. The highest BCUT2D eigenvalue weighted by atomic mass is 32.2. The Balaban J connectivity index is 1.67. The highest BCUT2D eigenvalue weighted by Crippen LogP contribution is 2.32. The Kier molecular flexibility index (Phi) is 10.8. The van der Waals surface area contributed by atoms with Gasteiger partial charge in [0.25, 0.3) is 0 Å². The zero-order valence-electron chi connectivity index (χ0n) is 24.8. The summed E-state index contributed by atoms with van der Waals surface area (Å²) < 4.78 is 16.2. The van der Waals surface area contributed by atoms with Crippen LogP contribution in [-0.2, 0) is 16.1 Å². The van der Waals surface area contributed by atoms with Crippen molar-refractivity contribution in [2.45, 2.75) is 50.9 Å². The minimum absolute atomic E-state index is 0.0658. The Morgan fingerprint density at radius 2 is 1.64 bits per heavy atom. The largest absolute Gasteiger partial charge is 0.497 e. The average molecular weight is 591 g/mol. The summed E-state index contributed by atoms with van der Waals surface area (Å²) in [7, 11) is 4.73. The van der Waals surface area contributed by atoms with Crippen molar-refractivity contribution in [1.82, 2.24) is 14.9 Å². The van der Waals surface area contributed by atoms with Crippen molar-refractivity contribution in [2.75, 3.05) is 32.4 Å². The lowest BCUT2D eigenvalue weighted by Crippen LogP contribution is -2.51. The Labute approximate surface area is 251 Å². The SMILES string of the molecule is COc1ccc(CN(C(=O)CSc2nc(C)cc(C)n2)C(C(=O)Nc2ccc(OC)cc2OC)C2CC=CCC2)cc1. The van der Waals surface area contributed by atoms with Crippen LogP contribution in [0.4, 0.5) is 5.69 Å². The van der Waals surface area contributed by atoms with E-state index in [1.54, 1.807) is 44.4 Å². The molecule has 0 spiro atoms. The molecule has 9 nitrogen and oxygen atoms in total. The molecule has 222 valence electrons. The zero-order valence-corrected chi connectivity index (χ0v) is 25.6. The van der Waals surface area contributed by atoms with Gasteiger partial charge in [0.1, 0.15) is 23.3 Å². The van der Waals surface area contributed by atoms with E-state index in [-0.39, 0.29) is 30.0 Å². The van der Waals surface area contributed by atoms with Crippen molar-refractivity contribution in [1.29, 1.82) is 0 Å². The van der Waals surface area contributed by atoms with Crippen molar-refractivity contribution < 1.29 is 23.8 Å². The minimum atomic E-state index is -0.725. The standard InChI is InChI=1S/C32H38N4O5S/c1-21-17-22(2)34-32(33-21)42-20-29(37)36(19-23-11-13-25(39-3)14-12-23)30(24-9-7-6-8-10-24)31(38)35-27-16-15-26(40-4)18-28(27)41-5/h6-7,11-18,24,30H,8-10,19-20H2,1-5H3,(H,35,38). The van der Waals surface area contributed by atoms with Crippen LogP contribution in [0.15, 0.2) is 65.8 Å². The van der Waals surface area contributed by atoms with E-state index in [0.717, 1.165) is 35.5 Å². The Morgan fingerprint density at radius 3 is 2.26 bits per heavy atom. The van der Waals surface area contributed by atoms with Gasteiger partial charge in [0.05, 0.1) is 32.8 Å². The van der Waals surface area contributed by atoms with E-state index in [0.29, 0.717) is 28.8 Å². The highest BCUT2D eigenvalue weighted by molar-refractivity contribution is 7.99. The first kappa shape index (κ1) is 30.9. The van der Waals surface area contributed by atoms with Crippen LogP contribution in [0.5, 0.6) is 17.2 Å². The molecule has 0 aliphatic heterocycles. The van der Waals surface area contributed by atoms with Crippen LogP contribution < -0.4 is 19.5 Å². The smallest absolute Gasteiger partial charge is 0.247 e. The summed E-state index contributed by atoms with van der Waals surface area (Å²) in [5.74, 6) is 1.39. The van der Waals surface area contributed by atoms with Crippen LogP contribution >= 0.6 is 11.8 Å². The van der Waals surface area contributed by atoms with Crippen molar-refractivity contribution in [2.24, 2.45) is 5.92 Å². The Morgan fingerprint density at radius 1 is 0.952 bits per heavy atom. The number of anilines is 1. The van der Waals surface area contributed by atoms with Gasteiger partial charge < -0.3 is 24.4 Å². The molecule has 1 heterocycles. The molecule has 2 amide bonds. The first-order valence-corrected chi connectivity index (χ1v) is 14.8. The molecule has 42 heavy (non-hydrogen) atoms. The molecule has 4 rings (SSSR count). The van der Waals surface area contributed by atoms with E-state index in [9.17, 15) is 9.59 Å². The summed E-state index contributed by atoms with van der Waals surface area (Å²) >= 11 is 1.28. The van der Waals surface area contributed by atoms with Gasteiger partial charge in [-0.1, -0.05) is 36.0 Å². The van der Waals surface area contributed by atoms with Crippen LogP contribution in [-0.4, -0.2) is 59.8 Å². The number of hydrogen-bond acceptors (Lipinski definition) is 8. The molecule has 2 unspecified atom stereocenters. The number of aryl methyl sites for hydroxylation is 2. The number of hydrogen-bond donors (Lipinski definition) is 1. The lowest BCUT2D eigenvalue weighted by molar-refractivity contribution is -0.139. The van der Waals surface area contributed by atoms with Gasteiger partial charge >= 0.3 is 0 Å². The maximum atomic E-state index is 14.2. The summed E-state index contributed by atoms with van der Waals surface area (Å²) in [6.07, 6.45) is 6.54. The van der Waals surface area contributed by atoms with Gasteiger partial charge in [-0.25, -0.2) is 9.97 Å². The number of amides is 2. The predicted molar refractivity (Wildman–Crippen MR) is 164 cm³/mol. The second kappa shape index (κ2) is 14.7. The monoisotopic (exact) mass is 590 g/mol. The molecule has 0 saturated carbocycles. The zero-order chi connectivity index (χ0) is 30.1. The summed E-state index contributed by atoms with van der Waals surface area (Å²) in [4.78, 5) is 38.9. The number of thioether (sulfide) groups is 1. The third-order valence-corrected chi connectivity index (χ3v) is 7.98. The van der Waals surface area contributed by atoms with E-state index < -0.39 is 6.04 Å². The predicted octanol–water partition coefficient (Wildman–Crippen LogP) is 5.60. The number of methoxy groups -OCH3 is 3. The normalized spacial score (nSPS) is 15.0. The molecule has 2 aromatic carbocycles. The molecule has 10 heteroatoms. The third kappa shape index (κ3) is 8.03. The van der Waals surface area contributed by atoms with Crippen molar-refractivity contribution in [3.8, 4) is 17.2 Å². The number of carbonyl (C=O) groups is 2. The fourth-order valence-corrected chi connectivity index (χ4v) is 5.89. The molecule has 0 bridgehead atoms. The molecule has 2 atom stereocenters. The first-order chi connectivity index (χ1) is 20.3. The Hall–Kier alpha value is -4.05. The number of rotatable bonds is 12. The highest BCUT2D eigenvalue weighted by Gasteiger charge is 2.37. The summed E-state index contributed by atoms with van der Waals surface area (Å²) in [6, 6.07) is 13.9. The molecular formula is C32H38N4O5S. The van der Waals surface area contributed by atoms with E-state index in [2.05, 4.69) is 27.4 Å². The first-order valence-electron chi connectivity index (χ1n) is 13.9. The van der Waals surface area contributed by atoms with Gasteiger partial charge in [-0.05, 0) is 74.9 Å². The Bertz CT molecular complexity index is 1390. The molecule has 1 N–H and O–H groups in total. The average Bonchev–Trinajstić information content (AvgIpc) is 3.00. The van der Waals surface area contributed by atoms with Crippen LogP contribution in [0.1, 0.15) is 36.2 Å². The van der Waals surface area contributed by atoms with Gasteiger partial charge in [0.15, 0.2) is 5.16 Å². The van der Waals surface area contributed by atoms with Gasteiger partial charge in [-0.2, -0.15) is 0 Å². The lowest BCUT2D eigenvalue weighted by Gasteiger charge is -2.37. The van der Waals surface area contributed by atoms with Crippen LogP contribution in [0.25, 0.3) is 0 Å². The topological polar surface area (TPSA) is 103 Å². The van der Waals surface area contributed by atoms with Crippen molar-refractivity contribution in [3.05, 3.63) is 77.6 Å². The van der Waals surface area contributed by atoms with E-state index >= 15 is 0 Å². The van der Waals surface area contributed by atoms with Crippen LogP contribution in [0, 0.1) is 19.8 Å². The van der Waals surface area contributed by atoms with E-state index in [1.165, 1.54) is 11.8 Å².